The van der Waals surface area contributed by atoms with E-state index in [2.05, 4.69) is 6.92 Å². The van der Waals surface area contributed by atoms with E-state index in [9.17, 15) is 9.59 Å². The number of amides is 1. The molecular formula is C18H33NO2. The van der Waals surface area contributed by atoms with Gasteiger partial charge in [-0.05, 0) is 6.42 Å². The largest absolute Gasteiger partial charge is 0.342 e. The highest BCUT2D eigenvalue weighted by Crippen LogP contribution is 2.15. The van der Waals surface area contributed by atoms with Crippen LogP contribution in [0.25, 0.3) is 0 Å². The molecule has 1 unspecified atom stereocenters. The second-order valence-electron chi connectivity index (χ2n) is 6.54. The number of ketones is 1. The van der Waals surface area contributed by atoms with Gasteiger partial charge in [0.15, 0.2) is 0 Å². The highest BCUT2D eigenvalue weighted by molar-refractivity contribution is 5.85. The summed E-state index contributed by atoms with van der Waals surface area (Å²) in [5.41, 5.74) is 0. The van der Waals surface area contributed by atoms with Gasteiger partial charge in [-0.25, -0.2) is 0 Å². The van der Waals surface area contributed by atoms with Crippen molar-refractivity contribution in [3.05, 3.63) is 0 Å². The Labute approximate surface area is 130 Å². The number of unbranched alkanes of at least 4 members (excludes halogenated alkanes) is 8. The predicted octanol–water partition coefficient (Wildman–Crippen LogP) is 4.34. The first-order chi connectivity index (χ1) is 10.1. The van der Waals surface area contributed by atoms with E-state index in [1.165, 1.54) is 51.4 Å². The van der Waals surface area contributed by atoms with Gasteiger partial charge in [-0.3, -0.25) is 9.59 Å². The number of likely N-dealkylation sites (tertiary alicyclic amines) is 1. The highest BCUT2D eigenvalue weighted by atomic mass is 16.2. The van der Waals surface area contributed by atoms with Gasteiger partial charge in [0.1, 0.15) is 5.78 Å². The van der Waals surface area contributed by atoms with E-state index in [1.54, 1.807) is 0 Å². The van der Waals surface area contributed by atoms with E-state index in [0.29, 0.717) is 31.7 Å². The maximum Gasteiger partial charge on any atom is 0.222 e. The monoisotopic (exact) mass is 295 g/mol. The molecule has 0 aromatic rings. The van der Waals surface area contributed by atoms with Crippen LogP contribution in [0, 0.1) is 5.92 Å². The number of hydrogen-bond donors (Lipinski definition) is 0. The second kappa shape index (κ2) is 10.8. The van der Waals surface area contributed by atoms with E-state index >= 15 is 0 Å². The first-order valence-electron chi connectivity index (χ1n) is 8.95. The van der Waals surface area contributed by atoms with Crippen LogP contribution in [0.4, 0.5) is 0 Å². The minimum atomic E-state index is 0.0332. The van der Waals surface area contributed by atoms with Gasteiger partial charge in [0.05, 0.1) is 0 Å². The van der Waals surface area contributed by atoms with Crippen molar-refractivity contribution in [2.24, 2.45) is 5.92 Å². The van der Waals surface area contributed by atoms with E-state index in [0.717, 1.165) is 6.42 Å². The lowest BCUT2D eigenvalue weighted by molar-refractivity contribution is -0.136. The molecule has 0 saturated carbocycles. The van der Waals surface area contributed by atoms with Gasteiger partial charge in [-0.2, -0.15) is 0 Å². The third kappa shape index (κ3) is 7.63. The highest BCUT2D eigenvalue weighted by Gasteiger charge is 2.25. The number of hydrogen-bond acceptors (Lipinski definition) is 2. The predicted molar refractivity (Wildman–Crippen MR) is 87.2 cm³/mol. The van der Waals surface area contributed by atoms with Gasteiger partial charge in [0.2, 0.25) is 5.91 Å². The number of carbonyl (C=O) groups excluding carboxylic acids is 2. The van der Waals surface area contributed by atoms with Crippen LogP contribution in [0.5, 0.6) is 0 Å². The van der Waals surface area contributed by atoms with Gasteiger partial charge in [-0.1, -0.05) is 65.2 Å². The lowest BCUT2D eigenvalue weighted by atomic mass is 9.98. The summed E-state index contributed by atoms with van der Waals surface area (Å²) >= 11 is 0. The van der Waals surface area contributed by atoms with Crippen molar-refractivity contribution in [1.82, 2.24) is 4.90 Å². The molecule has 21 heavy (non-hydrogen) atoms. The number of Topliss-reactive ketones (excluding diaryl/α,β-unsaturated/α-hetero) is 1. The molecule has 1 rings (SSSR count). The maximum atomic E-state index is 12.1. The molecule has 122 valence electrons. The van der Waals surface area contributed by atoms with Crippen molar-refractivity contribution in [3.8, 4) is 0 Å². The van der Waals surface area contributed by atoms with Crippen LogP contribution in [0.2, 0.25) is 0 Å². The van der Waals surface area contributed by atoms with Crippen molar-refractivity contribution in [3.63, 3.8) is 0 Å². The standard InChI is InChI=1S/C18H33NO2/c1-3-4-5-6-7-8-9-10-11-12-18(21)19-14-13-17(20)16(2)15-19/h16H,3-15H2,1-2H3. The van der Waals surface area contributed by atoms with Crippen LogP contribution in [-0.4, -0.2) is 29.7 Å². The first kappa shape index (κ1) is 18.2. The Hall–Kier alpha value is -0.860. The summed E-state index contributed by atoms with van der Waals surface area (Å²) in [6.45, 7) is 5.45. The fraction of sp³-hybridized carbons (Fsp3) is 0.889. The van der Waals surface area contributed by atoms with Crippen LogP contribution in [-0.2, 0) is 9.59 Å². The Morgan fingerprint density at radius 1 is 1.05 bits per heavy atom. The molecule has 3 heteroatoms. The summed E-state index contributed by atoms with van der Waals surface area (Å²) < 4.78 is 0. The average molecular weight is 295 g/mol. The quantitative estimate of drug-likeness (QED) is 0.562. The van der Waals surface area contributed by atoms with Crippen LogP contribution >= 0.6 is 0 Å². The SMILES string of the molecule is CCCCCCCCCCCC(=O)N1CCC(=O)C(C)C1. The lowest BCUT2D eigenvalue weighted by Crippen LogP contribution is -2.43. The van der Waals surface area contributed by atoms with Crippen LogP contribution < -0.4 is 0 Å². The molecule has 0 aromatic carbocycles. The van der Waals surface area contributed by atoms with E-state index in [1.807, 2.05) is 11.8 Å². The summed E-state index contributed by atoms with van der Waals surface area (Å²) in [6.07, 6.45) is 12.7. The Morgan fingerprint density at radius 3 is 2.19 bits per heavy atom. The molecule has 0 aromatic heterocycles. The smallest absolute Gasteiger partial charge is 0.222 e. The fourth-order valence-electron chi connectivity index (χ4n) is 2.99. The third-order valence-corrected chi connectivity index (χ3v) is 4.52. The topological polar surface area (TPSA) is 37.4 Å². The summed E-state index contributed by atoms with van der Waals surface area (Å²) in [5.74, 6) is 0.588. The van der Waals surface area contributed by atoms with Gasteiger partial charge < -0.3 is 4.90 Å². The zero-order chi connectivity index (χ0) is 15.5. The Morgan fingerprint density at radius 2 is 1.62 bits per heavy atom. The Balaban J connectivity index is 1.97. The molecule has 0 bridgehead atoms. The Kier molecular flexibility index (Phi) is 9.36. The number of nitrogens with zero attached hydrogens (tertiary/aromatic N) is 1. The maximum absolute atomic E-state index is 12.1. The van der Waals surface area contributed by atoms with Gasteiger partial charge in [-0.15, -0.1) is 0 Å². The second-order valence-corrected chi connectivity index (χ2v) is 6.54. The van der Waals surface area contributed by atoms with Crippen molar-refractivity contribution < 1.29 is 9.59 Å². The van der Waals surface area contributed by atoms with Gasteiger partial charge >= 0.3 is 0 Å². The molecule has 1 saturated heterocycles. The first-order valence-corrected chi connectivity index (χ1v) is 8.95. The summed E-state index contributed by atoms with van der Waals surface area (Å²) in [5, 5.41) is 0. The van der Waals surface area contributed by atoms with Crippen molar-refractivity contribution in [2.75, 3.05) is 13.1 Å². The summed E-state index contributed by atoms with van der Waals surface area (Å²) in [4.78, 5) is 25.4. The molecular weight excluding hydrogens is 262 g/mol. The minimum Gasteiger partial charge on any atom is -0.342 e. The zero-order valence-corrected chi connectivity index (χ0v) is 14.0. The molecule has 1 fully saturated rings. The Bertz CT molecular complexity index is 314. The number of piperidine rings is 1. The van der Waals surface area contributed by atoms with E-state index < -0.39 is 0 Å². The van der Waals surface area contributed by atoms with Crippen LogP contribution in [0.1, 0.15) is 84.5 Å². The minimum absolute atomic E-state index is 0.0332. The third-order valence-electron chi connectivity index (χ3n) is 4.52. The molecule has 0 aliphatic carbocycles. The summed E-state index contributed by atoms with van der Waals surface area (Å²) in [6, 6.07) is 0. The molecule has 3 nitrogen and oxygen atoms in total. The molecule has 1 aliphatic rings. The molecule has 1 amide bonds. The number of carbonyl (C=O) groups is 2. The number of rotatable bonds is 10. The molecule has 0 spiro atoms. The van der Waals surface area contributed by atoms with Gasteiger partial charge in [0.25, 0.3) is 0 Å². The van der Waals surface area contributed by atoms with E-state index in [4.69, 9.17) is 0 Å². The molecule has 1 aliphatic heterocycles. The van der Waals surface area contributed by atoms with Crippen LogP contribution in [0.15, 0.2) is 0 Å². The lowest BCUT2D eigenvalue weighted by Gasteiger charge is -2.30. The average Bonchev–Trinajstić information content (AvgIpc) is 2.48. The van der Waals surface area contributed by atoms with Gasteiger partial charge in [0, 0.05) is 31.8 Å². The zero-order valence-electron chi connectivity index (χ0n) is 14.0. The molecule has 1 heterocycles. The molecule has 1 atom stereocenters. The van der Waals surface area contributed by atoms with Crippen LogP contribution in [0.3, 0.4) is 0 Å². The molecule has 0 radical (unpaired) electrons. The van der Waals surface area contributed by atoms with Crippen molar-refractivity contribution in [2.45, 2.75) is 84.5 Å². The van der Waals surface area contributed by atoms with E-state index in [-0.39, 0.29) is 11.8 Å². The van der Waals surface area contributed by atoms with Crippen molar-refractivity contribution in [1.29, 1.82) is 0 Å². The summed E-state index contributed by atoms with van der Waals surface area (Å²) in [7, 11) is 0. The molecule has 0 N–H and O–H groups in total. The fourth-order valence-corrected chi connectivity index (χ4v) is 2.99. The van der Waals surface area contributed by atoms with Crippen molar-refractivity contribution >= 4 is 11.7 Å². The normalized spacial score (nSPS) is 19.0.